The van der Waals surface area contributed by atoms with Crippen molar-refractivity contribution in [2.75, 3.05) is 26.4 Å². The van der Waals surface area contributed by atoms with Gasteiger partial charge in [0, 0.05) is 0 Å². The number of hydrogen-bond donors (Lipinski definition) is 2. The molecule has 1 heterocycles. The van der Waals surface area contributed by atoms with Gasteiger partial charge in [0.05, 0.1) is 26.4 Å². The molecule has 0 aromatic heterocycles. The van der Waals surface area contributed by atoms with Crippen molar-refractivity contribution in [2.24, 2.45) is 0 Å². The molecule has 0 unspecified atom stereocenters. The zero-order valence-corrected chi connectivity index (χ0v) is 11.7. The zero-order valence-electron chi connectivity index (χ0n) is 10.2. The summed E-state index contributed by atoms with van der Waals surface area (Å²) < 4.78 is 9.89. The number of aromatic hydroxyl groups is 2. The molecule has 8 heteroatoms. The van der Waals surface area contributed by atoms with Gasteiger partial charge < -0.3 is 19.7 Å². The number of hydrogen-bond acceptors (Lipinski definition) is 6. The molecular weight excluding hydrogens is 307 g/mol. The fourth-order valence-corrected chi connectivity index (χ4v) is 1.69. The smallest absolute Gasteiger partial charge is 0.155 e. The average molecular weight is 317 g/mol. The summed E-state index contributed by atoms with van der Waals surface area (Å²) in [6.07, 6.45) is 0. The summed E-state index contributed by atoms with van der Waals surface area (Å²) in [4.78, 5) is 0. The molecule has 0 atom stereocenters. The lowest BCUT2D eigenvalue weighted by molar-refractivity contribution is -0.0334. The van der Waals surface area contributed by atoms with E-state index in [0.29, 0.717) is 0 Å². The lowest BCUT2D eigenvalue weighted by Crippen LogP contribution is -2.16. The summed E-state index contributed by atoms with van der Waals surface area (Å²) in [7, 11) is 0. The molecule has 2 N–H and O–H groups in total. The van der Waals surface area contributed by atoms with Crippen LogP contribution in [-0.2, 0) is 9.47 Å². The molecule has 2 rings (SSSR count). The Bertz CT molecular complexity index is 518. The van der Waals surface area contributed by atoms with E-state index in [-0.39, 0.29) is 21.2 Å². The third-order valence-electron chi connectivity index (χ3n) is 2.30. The number of benzene rings is 1. The molecule has 1 aliphatic rings. The molecule has 106 valence electrons. The van der Waals surface area contributed by atoms with Crippen molar-refractivity contribution in [3.05, 3.63) is 21.2 Å². The van der Waals surface area contributed by atoms with Crippen LogP contribution in [0.1, 0.15) is 11.1 Å². The molecule has 0 spiro atoms. The highest BCUT2D eigenvalue weighted by atomic mass is 35.5. The van der Waals surface area contributed by atoms with Crippen molar-refractivity contribution in [1.29, 1.82) is 10.5 Å². The van der Waals surface area contributed by atoms with Crippen molar-refractivity contribution < 1.29 is 19.7 Å². The molecule has 0 aliphatic carbocycles. The van der Waals surface area contributed by atoms with E-state index in [1.54, 1.807) is 12.1 Å². The maximum atomic E-state index is 9.31. The molecule has 1 aromatic rings. The summed E-state index contributed by atoms with van der Waals surface area (Å²) in [6.45, 7) is 3.11. The summed E-state index contributed by atoms with van der Waals surface area (Å²) in [5.74, 6) is -1.21. The van der Waals surface area contributed by atoms with Gasteiger partial charge in [-0.2, -0.15) is 10.5 Å². The number of halogens is 2. The number of ether oxygens (including phenoxy) is 2. The Labute approximate surface area is 125 Å². The van der Waals surface area contributed by atoms with E-state index in [2.05, 4.69) is 0 Å². The van der Waals surface area contributed by atoms with Gasteiger partial charge in [-0.15, -0.1) is 0 Å². The fraction of sp³-hybridized carbons (Fsp3) is 0.333. The Morgan fingerprint density at radius 1 is 0.800 bits per heavy atom. The lowest BCUT2D eigenvalue weighted by Gasteiger charge is -2.09. The van der Waals surface area contributed by atoms with Crippen molar-refractivity contribution in [1.82, 2.24) is 0 Å². The van der Waals surface area contributed by atoms with Gasteiger partial charge in [-0.1, -0.05) is 23.2 Å². The first-order chi connectivity index (χ1) is 9.54. The zero-order chi connectivity index (χ0) is 15.1. The second-order valence-corrected chi connectivity index (χ2v) is 4.28. The van der Waals surface area contributed by atoms with E-state index in [1.807, 2.05) is 0 Å². The first kappa shape index (κ1) is 16.4. The lowest BCUT2D eigenvalue weighted by atomic mass is 10.1. The molecule has 1 fully saturated rings. The highest BCUT2D eigenvalue weighted by Gasteiger charge is 2.21. The van der Waals surface area contributed by atoms with Crippen LogP contribution >= 0.6 is 23.2 Å². The van der Waals surface area contributed by atoms with Gasteiger partial charge in [-0.05, 0) is 0 Å². The summed E-state index contributed by atoms with van der Waals surface area (Å²) in [5, 5.41) is 35.1. The predicted octanol–water partition coefficient (Wildman–Crippen LogP) is 2.18. The standard InChI is InChI=1S/C8H2Cl2N2O2.C4H8O2/c9-5-6(10)8(14)4(2-12)3(1-11)7(5)13;1-2-6-4-3-5-1/h13-14H;1-4H2. The van der Waals surface area contributed by atoms with Gasteiger partial charge in [0.25, 0.3) is 0 Å². The first-order valence-electron chi connectivity index (χ1n) is 5.43. The Morgan fingerprint density at radius 3 is 1.30 bits per heavy atom. The predicted molar refractivity (Wildman–Crippen MR) is 70.9 cm³/mol. The van der Waals surface area contributed by atoms with Gasteiger partial charge >= 0.3 is 0 Å². The van der Waals surface area contributed by atoms with Gasteiger partial charge in [-0.3, -0.25) is 0 Å². The second kappa shape index (κ2) is 7.78. The largest absolute Gasteiger partial charge is 0.505 e. The minimum atomic E-state index is -0.603. The van der Waals surface area contributed by atoms with Gasteiger partial charge in [0.2, 0.25) is 0 Å². The summed E-state index contributed by atoms with van der Waals surface area (Å²) >= 11 is 11.0. The number of phenolic OH excluding ortho intramolecular Hbond substituents is 2. The van der Waals surface area contributed by atoms with Crippen LogP contribution in [0.25, 0.3) is 0 Å². The van der Waals surface area contributed by atoms with Gasteiger partial charge in [0.15, 0.2) is 11.5 Å². The molecule has 0 saturated carbocycles. The molecule has 0 amide bonds. The highest BCUT2D eigenvalue weighted by molar-refractivity contribution is 6.44. The number of rotatable bonds is 0. The third-order valence-corrected chi connectivity index (χ3v) is 3.13. The SMILES string of the molecule is C1COCCO1.N#Cc1c(O)c(Cl)c(Cl)c(O)c1C#N. The van der Waals surface area contributed by atoms with Crippen LogP contribution in [0.3, 0.4) is 0 Å². The maximum Gasteiger partial charge on any atom is 0.155 e. The summed E-state index contributed by atoms with van der Waals surface area (Å²) in [5.41, 5.74) is -0.779. The van der Waals surface area contributed by atoms with Gasteiger partial charge in [-0.25, -0.2) is 0 Å². The Balaban J connectivity index is 0.000000276. The number of nitriles is 2. The second-order valence-electron chi connectivity index (χ2n) is 3.52. The van der Waals surface area contributed by atoms with Crippen LogP contribution in [0.4, 0.5) is 0 Å². The molecule has 1 saturated heterocycles. The average Bonchev–Trinajstić information content (AvgIpc) is 2.51. The topological polar surface area (TPSA) is 106 Å². The Kier molecular flexibility index (Phi) is 6.37. The molecule has 1 aromatic carbocycles. The minimum Gasteiger partial charge on any atom is -0.505 e. The number of phenols is 2. The number of nitrogens with zero attached hydrogens (tertiary/aromatic N) is 2. The quantitative estimate of drug-likeness (QED) is 0.710. The van der Waals surface area contributed by atoms with Crippen LogP contribution < -0.4 is 0 Å². The fourth-order valence-electron chi connectivity index (χ4n) is 1.32. The van der Waals surface area contributed by atoms with E-state index < -0.39 is 11.5 Å². The van der Waals surface area contributed by atoms with Crippen LogP contribution in [-0.4, -0.2) is 36.6 Å². The van der Waals surface area contributed by atoms with Crippen LogP contribution in [0.15, 0.2) is 0 Å². The van der Waals surface area contributed by atoms with E-state index in [4.69, 9.17) is 43.2 Å². The summed E-state index contributed by atoms with van der Waals surface area (Å²) in [6, 6.07) is 3.10. The monoisotopic (exact) mass is 316 g/mol. The van der Waals surface area contributed by atoms with Crippen molar-refractivity contribution in [3.63, 3.8) is 0 Å². The Hall–Kier alpha value is -1.70. The molecule has 20 heavy (non-hydrogen) atoms. The molecule has 0 radical (unpaired) electrons. The van der Waals surface area contributed by atoms with E-state index in [0.717, 1.165) is 26.4 Å². The van der Waals surface area contributed by atoms with Crippen LogP contribution in [0, 0.1) is 22.7 Å². The van der Waals surface area contributed by atoms with Crippen LogP contribution in [0.2, 0.25) is 10.0 Å². The molecule has 0 bridgehead atoms. The van der Waals surface area contributed by atoms with Crippen molar-refractivity contribution in [2.45, 2.75) is 0 Å². The Morgan fingerprint density at radius 2 is 1.10 bits per heavy atom. The van der Waals surface area contributed by atoms with Crippen molar-refractivity contribution in [3.8, 4) is 23.6 Å². The first-order valence-corrected chi connectivity index (χ1v) is 6.18. The minimum absolute atomic E-state index is 0.347. The van der Waals surface area contributed by atoms with Gasteiger partial charge in [0.1, 0.15) is 33.3 Å². The van der Waals surface area contributed by atoms with E-state index in [1.165, 1.54) is 0 Å². The van der Waals surface area contributed by atoms with E-state index >= 15 is 0 Å². The molecule has 1 aliphatic heterocycles. The molecule has 6 nitrogen and oxygen atoms in total. The maximum absolute atomic E-state index is 9.31. The van der Waals surface area contributed by atoms with Crippen molar-refractivity contribution >= 4 is 23.2 Å². The normalized spacial score (nSPS) is 13.6. The highest BCUT2D eigenvalue weighted by Crippen LogP contribution is 2.43. The van der Waals surface area contributed by atoms with E-state index in [9.17, 15) is 10.2 Å². The molecular formula is C12H10Cl2N2O4. The third kappa shape index (κ3) is 3.66. The van der Waals surface area contributed by atoms with Crippen LogP contribution in [0.5, 0.6) is 11.5 Å².